The van der Waals surface area contributed by atoms with Gasteiger partial charge >= 0.3 is 6.18 Å². The second kappa shape index (κ2) is 5.58. The maximum Gasteiger partial charge on any atom is 0.416 e. The number of anilines is 1. The fraction of sp³-hybridized carbons (Fsp3) is 0.0833. The molecule has 0 unspecified atom stereocenters. The van der Waals surface area contributed by atoms with E-state index < -0.39 is 17.6 Å². The average molecular weight is 346 g/mol. The summed E-state index contributed by atoms with van der Waals surface area (Å²) in [5.41, 5.74) is -0.989. The van der Waals surface area contributed by atoms with Crippen LogP contribution in [0, 0.1) is 0 Å². The summed E-state index contributed by atoms with van der Waals surface area (Å²) in [6.07, 6.45) is -1.84. The lowest BCUT2D eigenvalue weighted by molar-refractivity contribution is -0.137. The summed E-state index contributed by atoms with van der Waals surface area (Å²) in [7, 11) is 0. The summed E-state index contributed by atoms with van der Waals surface area (Å²) in [5, 5.41) is 2.36. The smallest absolute Gasteiger partial charge is 0.305 e. The minimum absolute atomic E-state index is 0.107. The van der Waals surface area contributed by atoms with E-state index in [2.05, 4.69) is 31.2 Å². The van der Waals surface area contributed by atoms with Crippen molar-refractivity contribution in [2.24, 2.45) is 0 Å². The zero-order valence-corrected chi connectivity index (χ0v) is 11.4. The van der Waals surface area contributed by atoms with Gasteiger partial charge in [0.2, 0.25) is 0 Å². The molecule has 0 atom stereocenters. The van der Waals surface area contributed by atoms with Gasteiger partial charge in [-0.3, -0.25) is 4.79 Å². The lowest BCUT2D eigenvalue weighted by Crippen LogP contribution is -2.14. The lowest BCUT2D eigenvalue weighted by Gasteiger charge is -2.08. The number of hydrogen-bond acceptors (Lipinski definition) is 3. The van der Waals surface area contributed by atoms with Crippen molar-refractivity contribution in [1.82, 2.24) is 9.97 Å². The van der Waals surface area contributed by atoms with E-state index in [0.29, 0.717) is 4.60 Å². The Morgan fingerprint density at radius 3 is 2.55 bits per heavy atom. The molecular formula is C12H7BrF3N3O. The molecule has 0 fully saturated rings. The number of alkyl halides is 3. The van der Waals surface area contributed by atoms with Gasteiger partial charge in [-0.2, -0.15) is 13.2 Å². The first kappa shape index (κ1) is 14.4. The fourth-order valence-electron chi connectivity index (χ4n) is 1.40. The second-order valence-corrected chi connectivity index (χ2v) is 4.57. The van der Waals surface area contributed by atoms with Crippen molar-refractivity contribution >= 4 is 27.7 Å². The van der Waals surface area contributed by atoms with E-state index >= 15 is 0 Å². The predicted molar refractivity (Wildman–Crippen MR) is 69.1 cm³/mol. The average Bonchev–Trinajstić information content (AvgIpc) is 2.40. The minimum atomic E-state index is -4.49. The highest BCUT2D eigenvalue weighted by atomic mass is 79.9. The van der Waals surface area contributed by atoms with Crippen molar-refractivity contribution < 1.29 is 18.0 Å². The molecule has 0 saturated carbocycles. The Morgan fingerprint density at radius 2 is 1.95 bits per heavy atom. The number of nitrogens with zero attached hydrogens (tertiary/aromatic N) is 2. The monoisotopic (exact) mass is 345 g/mol. The summed E-state index contributed by atoms with van der Waals surface area (Å²) in [6, 6.07) is 4.14. The molecule has 1 aromatic carbocycles. The fourth-order valence-corrected chi connectivity index (χ4v) is 1.61. The van der Waals surface area contributed by atoms with E-state index in [0.717, 1.165) is 12.1 Å². The zero-order chi connectivity index (χ0) is 14.8. The highest BCUT2D eigenvalue weighted by molar-refractivity contribution is 9.10. The number of carbonyl (C=O) groups is 1. The van der Waals surface area contributed by atoms with Gasteiger partial charge in [-0.15, -0.1) is 0 Å². The molecule has 2 aromatic rings. The Morgan fingerprint density at radius 1 is 1.20 bits per heavy atom. The highest BCUT2D eigenvalue weighted by Crippen LogP contribution is 2.29. The second-order valence-electron chi connectivity index (χ2n) is 3.76. The molecule has 0 saturated heterocycles. The third kappa shape index (κ3) is 3.53. The number of carbonyl (C=O) groups excluding carboxylic acids is 1. The molecule has 0 radical (unpaired) electrons. The van der Waals surface area contributed by atoms with Gasteiger partial charge in [0.15, 0.2) is 5.82 Å². The molecule has 8 heteroatoms. The Bertz CT molecular complexity index is 629. The number of halogens is 4. The van der Waals surface area contributed by atoms with E-state index in [1.54, 1.807) is 0 Å². The molecule has 1 aromatic heterocycles. The van der Waals surface area contributed by atoms with Crippen molar-refractivity contribution in [2.45, 2.75) is 6.18 Å². The summed E-state index contributed by atoms with van der Waals surface area (Å²) < 4.78 is 38.1. The van der Waals surface area contributed by atoms with Gasteiger partial charge < -0.3 is 5.32 Å². The van der Waals surface area contributed by atoms with Gasteiger partial charge in [-0.1, -0.05) is 6.07 Å². The standard InChI is InChI=1S/C12H7BrF3N3O/c13-9-5-18-10(6-17-9)19-11(20)7-2-1-3-8(4-7)12(14,15)16/h1-6H,(H,18,19,20). The van der Waals surface area contributed by atoms with E-state index in [1.165, 1.54) is 24.5 Å². The summed E-state index contributed by atoms with van der Waals surface area (Å²) >= 11 is 3.08. The van der Waals surface area contributed by atoms with Crippen LogP contribution in [0.3, 0.4) is 0 Å². The van der Waals surface area contributed by atoms with Gasteiger partial charge in [0.1, 0.15) is 4.60 Å². The molecule has 0 aliphatic rings. The molecule has 1 heterocycles. The van der Waals surface area contributed by atoms with Crippen LogP contribution in [-0.2, 0) is 6.18 Å². The van der Waals surface area contributed by atoms with Crippen LogP contribution in [0.2, 0.25) is 0 Å². The van der Waals surface area contributed by atoms with Crippen molar-refractivity contribution in [3.05, 3.63) is 52.4 Å². The van der Waals surface area contributed by atoms with Crippen molar-refractivity contribution in [3.8, 4) is 0 Å². The normalized spacial score (nSPS) is 11.2. The first-order valence-corrected chi connectivity index (χ1v) is 6.12. The van der Waals surface area contributed by atoms with E-state index in [1.807, 2.05) is 0 Å². The molecular weight excluding hydrogens is 339 g/mol. The topological polar surface area (TPSA) is 54.9 Å². The molecule has 1 N–H and O–H groups in total. The largest absolute Gasteiger partial charge is 0.416 e. The zero-order valence-electron chi connectivity index (χ0n) is 9.78. The van der Waals surface area contributed by atoms with Crippen LogP contribution < -0.4 is 5.32 Å². The van der Waals surface area contributed by atoms with Crippen molar-refractivity contribution in [2.75, 3.05) is 5.32 Å². The molecule has 104 valence electrons. The quantitative estimate of drug-likeness (QED) is 0.906. The SMILES string of the molecule is O=C(Nc1cnc(Br)cn1)c1cccc(C(F)(F)F)c1. The van der Waals surface area contributed by atoms with Gasteiger partial charge in [-0.25, -0.2) is 9.97 Å². The number of rotatable bonds is 2. The molecule has 20 heavy (non-hydrogen) atoms. The van der Waals surface area contributed by atoms with Gasteiger partial charge in [0.25, 0.3) is 5.91 Å². The van der Waals surface area contributed by atoms with Crippen LogP contribution in [0.1, 0.15) is 15.9 Å². The van der Waals surface area contributed by atoms with Crippen LogP contribution >= 0.6 is 15.9 Å². The minimum Gasteiger partial charge on any atom is -0.305 e. The first-order chi connectivity index (χ1) is 9.36. The maximum atomic E-state index is 12.5. The molecule has 0 bridgehead atoms. The van der Waals surface area contributed by atoms with Gasteiger partial charge in [-0.05, 0) is 34.1 Å². The van der Waals surface area contributed by atoms with Gasteiger partial charge in [0.05, 0.1) is 18.0 Å². The highest BCUT2D eigenvalue weighted by Gasteiger charge is 2.30. The third-order valence-electron chi connectivity index (χ3n) is 2.31. The van der Waals surface area contributed by atoms with Crippen LogP contribution in [-0.4, -0.2) is 15.9 Å². The Labute approximate surface area is 120 Å². The Balaban J connectivity index is 2.19. The van der Waals surface area contributed by atoms with E-state index in [9.17, 15) is 18.0 Å². The molecule has 1 amide bonds. The first-order valence-electron chi connectivity index (χ1n) is 5.32. The van der Waals surface area contributed by atoms with Crippen molar-refractivity contribution in [1.29, 1.82) is 0 Å². The number of nitrogens with one attached hydrogen (secondary N) is 1. The summed E-state index contributed by atoms with van der Waals surface area (Å²) in [5.74, 6) is -0.539. The van der Waals surface area contributed by atoms with E-state index in [4.69, 9.17) is 0 Å². The predicted octanol–water partition coefficient (Wildman–Crippen LogP) is 3.51. The van der Waals surface area contributed by atoms with Crippen LogP contribution in [0.25, 0.3) is 0 Å². The lowest BCUT2D eigenvalue weighted by atomic mass is 10.1. The number of hydrogen-bond donors (Lipinski definition) is 1. The number of benzene rings is 1. The summed E-state index contributed by atoms with van der Waals surface area (Å²) in [4.78, 5) is 19.5. The summed E-state index contributed by atoms with van der Waals surface area (Å²) in [6.45, 7) is 0. The van der Waals surface area contributed by atoms with Crippen LogP contribution in [0.15, 0.2) is 41.3 Å². The van der Waals surface area contributed by atoms with E-state index in [-0.39, 0.29) is 11.4 Å². The number of amides is 1. The third-order valence-corrected chi connectivity index (χ3v) is 2.72. The Hall–Kier alpha value is -1.96. The maximum absolute atomic E-state index is 12.5. The van der Waals surface area contributed by atoms with Crippen LogP contribution in [0.4, 0.5) is 19.0 Å². The van der Waals surface area contributed by atoms with Crippen molar-refractivity contribution in [3.63, 3.8) is 0 Å². The van der Waals surface area contributed by atoms with Crippen LogP contribution in [0.5, 0.6) is 0 Å². The molecule has 2 rings (SSSR count). The van der Waals surface area contributed by atoms with Gasteiger partial charge in [0, 0.05) is 5.56 Å². The molecule has 0 spiro atoms. The molecule has 4 nitrogen and oxygen atoms in total. The molecule has 0 aliphatic heterocycles. The number of aromatic nitrogens is 2. The molecule has 0 aliphatic carbocycles. The Kier molecular flexibility index (Phi) is 4.03.